The molecule has 5 atom stereocenters. The number of methoxy groups -OCH3 is 1. The lowest BCUT2D eigenvalue weighted by molar-refractivity contribution is -0.143. The second-order valence-corrected chi connectivity index (χ2v) is 13.1. The molecule has 2 aromatic carbocycles. The molecule has 3 rings (SSSR count). The molecule has 252 valence electrons. The van der Waals surface area contributed by atoms with Crippen LogP contribution < -0.4 is 5.32 Å². The van der Waals surface area contributed by atoms with Crippen molar-refractivity contribution in [1.82, 2.24) is 15.1 Å². The van der Waals surface area contributed by atoms with Crippen molar-refractivity contribution in [1.29, 1.82) is 0 Å². The highest BCUT2D eigenvalue weighted by molar-refractivity contribution is 6.01. The quantitative estimate of drug-likeness (QED) is 0.266. The Morgan fingerprint density at radius 1 is 0.848 bits per heavy atom. The smallest absolute Gasteiger partial charge is 0.410 e. The van der Waals surface area contributed by atoms with E-state index in [2.05, 4.69) is 17.4 Å². The normalized spacial score (nSPS) is 15.9. The second-order valence-electron chi connectivity index (χ2n) is 13.1. The summed E-state index contributed by atoms with van der Waals surface area (Å²) in [6, 6.07) is 14.0. The number of hydrogen-bond acceptors (Lipinski definition) is 7. The number of ether oxygens (including phenoxy) is 2. The van der Waals surface area contributed by atoms with E-state index in [4.69, 9.17) is 9.47 Å². The van der Waals surface area contributed by atoms with E-state index in [1.54, 1.807) is 7.05 Å². The minimum atomic E-state index is -0.995. The average Bonchev–Trinajstić information content (AvgIpc) is 3.32. The maximum Gasteiger partial charge on any atom is 0.410 e. The molecule has 10 heteroatoms. The van der Waals surface area contributed by atoms with Gasteiger partial charge in [-0.15, -0.1) is 0 Å². The fourth-order valence-electron chi connectivity index (χ4n) is 6.94. The van der Waals surface area contributed by atoms with Gasteiger partial charge in [0, 0.05) is 26.1 Å². The number of fused-ring (bicyclic) bond motifs is 3. The van der Waals surface area contributed by atoms with Gasteiger partial charge in [0.1, 0.15) is 12.6 Å². The lowest BCUT2D eigenvalue weighted by Crippen LogP contribution is -2.60. The van der Waals surface area contributed by atoms with E-state index < -0.39 is 48.1 Å². The van der Waals surface area contributed by atoms with Crippen LogP contribution in [0.25, 0.3) is 11.1 Å². The maximum atomic E-state index is 13.8. The van der Waals surface area contributed by atoms with E-state index >= 15 is 0 Å². The van der Waals surface area contributed by atoms with Crippen LogP contribution in [0.15, 0.2) is 48.5 Å². The molecule has 0 aromatic heterocycles. The number of carboxylic acid groups (broad SMARTS) is 1. The van der Waals surface area contributed by atoms with Crippen LogP contribution in [-0.4, -0.2) is 90.8 Å². The first-order valence-electron chi connectivity index (χ1n) is 16.1. The number of benzene rings is 2. The number of carboxylic acids is 1. The summed E-state index contributed by atoms with van der Waals surface area (Å²) < 4.78 is 11.4. The van der Waals surface area contributed by atoms with E-state index in [1.165, 1.54) is 19.1 Å². The zero-order valence-corrected chi connectivity index (χ0v) is 28.7. The summed E-state index contributed by atoms with van der Waals surface area (Å²) in [5, 5.41) is 12.1. The fourth-order valence-corrected chi connectivity index (χ4v) is 6.94. The first kappa shape index (κ1) is 36.7. The van der Waals surface area contributed by atoms with Crippen LogP contribution in [0, 0.1) is 17.8 Å². The number of nitrogens with one attached hydrogen (secondary N) is 1. The predicted molar refractivity (Wildman–Crippen MR) is 177 cm³/mol. The Morgan fingerprint density at radius 3 is 1.80 bits per heavy atom. The summed E-state index contributed by atoms with van der Waals surface area (Å²) in [6.07, 6.45) is -0.804. The predicted octanol–water partition coefficient (Wildman–Crippen LogP) is 5.40. The Labute approximate surface area is 273 Å². The Balaban J connectivity index is 1.76. The highest BCUT2D eigenvalue weighted by Crippen LogP contribution is 2.44. The van der Waals surface area contributed by atoms with Gasteiger partial charge in [0.25, 0.3) is 0 Å². The Kier molecular flexibility index (Phi) is 12.9. The molecular formula is C36H51N3O7. The van der Waals surface area contributed by atoms with Gasteiger partial charge in [-0.05, 0) is 47.1 Å². The zero-order valence-electron chi connectivity index (χ0n) is 28.7. The summed E-state index contributed by atoms with van der Waals surface area (Å²) in [5.41, 5.74) is 4.40. The number of likely N-dealkylation sites (N-methyl/N-ethyl adjacent to an activating group) is 2. The lowest BCUT2D eigenvalue weighted by Gasteiger charge is -2.42. The van der Waals surface area contributed by atoms with Gasteiger partial charge < -0.3 is 14.6 Å². The SMILES string of the molecule is CCC(C)C(C(CC(=O)O)OC)N(C)C(C(=O)NC(=O)C(C(C)C)N(C)C(=O)OCC1c2ccccc2-c2ccccc21)C(C)C. The largest absolute Gasteiger partial charge is 0.481 e. The third-order valence-corrected chi connectivity index (χ3v) is 9.28. The van der Waals surface area contributed by atoms with Crippen molar-refractivity contribution in [3.05, 3.63) is 59.7 Å². The highest BCUT2D eigenvalue weighted by atomic mass is 16.6. The minimum Gasteiger partial charge on any atom is -0.481 e. The van der Waals surface area contributed by atoms with Crippen molar-refractivity contribution in [2.24, 2.45) is 17.8 Å². The van der Waals surface area contributed by atoms with Crippen LogP contribution in [-0.2, 0) is 23.9 Å². The van der Waals surface area contributed by atoms with E-state index in [0.717, 1.165) is 28.7 Å². The fraction of sp³-hybridized carbons (Fsp3) is 0.556. The molecule has 2 aromatic rings. The van der Waals surface area contributed by atoms with Crippen LogP contribution in [0.4, 0.5) is 4.79 Å². The van der Waals surface area contributed by atoms with Crippen LogP contribution in [0.3, 0.4) is 0 Å². The summed E-state index contributed by atoms with van der Waals surface area (Å²) >= 11 is 0. The molecule has 0 heterocycles. The Hall–Kier alpha value is -3.76. The van der Waals surface area contributed by atoms with Gasteiger partial charge in [0.2, 0.25) is 11.8 Å². The van der Waals surface area contributed by atoms with Crippen LogP contribution in [0.5, 0.6) is 0 Å². The zero-order chi connectivity index (χ0) is 34.3. The van der Waals surface area contributed by atoms with Crippen LogP contribution in [0.1, 0.15) is 71.4 Å². The molecule has 3 amide bonds. The molecule has 0 radical (unpaired) electrons. The summed E-state index contributed by atoms with van der Waals surface area (Å²) in [7, 11) is 4.74. The molecule has 1 aliphatic rings. The Morgan fingerprint density at radius 2 is 1.35 bits per heavy atom. The van der Waals surface area contributed by atoms with Gasteiger partial charge >= 0.3 is 12.1 Å². The van der Waals surface area contributed by atoms with Gasteiger partial charge in [0.05, 0.1) is 18.6 Å². The van der Waals surface area contributed by atoms with E-state index in [9.17, 15) is 24.3 Å². The summed E-state index contributed by atoms with van der Waals surface area (Å²) in [4.78, 5) is 55.5. The van der Waals surface area contributed by atoms with Crippen molar-refractivity contribution in [3.63, 3.8) is 0 Å². The number of nitrogens with zero attached hydrogens (tertiary/aromatic N) is 2. The average molecular weight is 638 g/mol. The topological polar surface area (TPSA) is 125 Å². The number of rotatable bonds is 15. The van der Waals surface area contributed by atoms with E-state index in [0.29, 0.717) is 0 Å². The molecule has 0 fully saturated rings. The van der Waals surface area contributed by atoms with Crippen LogP contribution >= 0.6 is 0 Å². The summed E-state index contributed by atoms with van der Waals surface area (Å²) in [6.45, 7) is 11.5. The van der Waals surface area contributed by atoms with E-state index in [-0.39, 0.29) is 36.7 Å². The number of carbonyl (C=O) groups is 4. The third kappa shape index (κ3) is 8.14. The summed E-state index contributed by atoms with van der Waals surface area (Å²) in [5.74, 6) is -2.79. The van der Waals surface area contributed by atoms with E-state index in [1.807, 2.05) is 82.8 Å². The molecule has 5 unspecified atom stereocenters. The molecule has 0 spiro atoms. The minimum absolute atomic E-state index is 0.00201. The van der Waals surface area contributed by atoms with Crippen molar-refractivity contribution in [2.75, 3.05) is 27.8 Å². The number of aliphatic carboxylic acids is 1. The molecule has 0 saturated heterocycles. The first-order valence-corrected chi connectivity index (χ1v) is 16.1. The number of carbonyl (C=O) groups excluding carboxylic acids is 3. The lowest BCUT2D eigenvalue weighted by atomic mass is 9.88. The van der Waals surface area contributed by atoms with Gasteiger partial charge in [-0.25, -0.2) is 4.79 Å². The van der Waals surface area contributed by atoms with Gasteiger partial charge in [-0.1, -0.05) is 96.5 Å². The van der Waals surface area contributed by atoms with Crippen LogP contribution in [0.2, 0.25) is 0 Å². The standard InChI is InChI=1S/C36H51N3O7/c1-10-23(6)33(29(45-9)19-30(40)41)38(7)31(21(2)3)34(42)37-35(43)32(22(4)5)39(8)36(44)46-20-28-26-17-13-11-15-24(26)25-16-12-14-18-27(25)28/h11-18,21-23,28-29,31-33H,10,19-20H2,1-9H3,(H,40,41)(H,37,42,43). The molecule has 0 bridgehead atoms. The van der Waals surface area contributed by atoms with Gasteiger partial charge in [0.15, 0.2) is 0 Å². The van der Waals surface area contributed by atoms with Crippen molar-refractivity contribution in [2.45, 2.75) is 84.5 Å². The molecule has 46 heavy (non-hydrogen) atoms. The molecule has 1 aliphatic carbocycles. The maximum absolute atomic E-state index is 13.8. The Bertz CT molecular complexity index is 1330. The third-order valence-electron chi connectivity index (χ3n) is 9.28. The molecule has 0 saturated carbocycles. The molecule has 0 aliphatic heterocycles. The molecule has 2 N–H and O–H groups in total. The van der Waals surface area contributed by atoms with Gasteiger partial charge in [-0.3, -0.25) is 29.5 Å². The van der Waals surface area contributed by atoms with Crippen molar-refractivity contribution >= 4 is 23.9 Å². The molecule has 10 nitrogen and oxygen atoms in total. The first-order chi connectivity index (χ1) is 21.7. The van der Waals surface area contributed by atoms with Gasteiger partial charge in [-0.2, -0.15) is 0 Å². The van der Waals surface area contributed by atoms with Crippen molar-refractivity contribution in [3.8, 4) is 11.1 Å². The highest BCUT2D eigenvalue weighted by Gasteiger charge is 2.40. The number of amides is 3. The number of hydrogen-bond donors (Lipinski definition) is 2. The molecular weight excluding hydrogens is 586 g/mol. The second kappa shape index (κ2) is 16.2. The number of imide groups is 1. The van der Waals surface area contributed by atoms with Crippen molar-refractivity contribution < 1.29 is 33.8 Å². The monoisotopic (exact) mass is 637 g/mol.